The Balaban J connectivity index is 2.40. The number of halogens is 1. The minimum absolute atomic E-state index is 0.143. The lowest BCUT2D eigenvalue weighted by molar-refractivity contribution is 0.412. The summed E-state index contributed by atoms with van der Waals surface area (Å²) in [5, 5.41) is 10.4. The number of hydrogen-bond acceptors (Lipinski definition) is 5. The number of nitrogens with one attached hydrogen (secondary N) is 1. The Bertz CT molecular complexity index is 782. The Morgan fingerprint density at radius 2 is 2.30 bits per heavy atom. The molecule has 0 spiro atoms. The number of aryl methyl sites for hydroxylation is 1. The first-order valence-corrected chi connectivity index (χ1v) is 6.79. The molecule has 6 nitrogen and oxygen atoms in total. The van der Waals surface area contributed by atoms with Crippen LogP contribution in [0, 0.1) is 11.7 Å². The van der Waals surface area contributed by atoms with Crippen LogP contribution in [0.3, 0.4) is 0 Å². The van der Waals surface area contributed by atoms with Gasteiger partial charge in [-0.15, -0.1) is 0 Å². The van der Waals surface area contributed by atoms with Gasteiger partial charge in [0.2, 0.25) is 4.77 Å². The predicted molar refractivity (Wildman–Crippen MR) is 82.1 cm³/mol. The van der Waals surface area contributed by atoms with E-state index >= 15 is 0 Å². The third-order valence-electron chi connectivity index (χ3n) is 2.51. The monoisotopic (exact) mass is 354 g/mol. The minimum Gasteiger partial charge on any atom is -0.496 e. The third-order valence-corrected chi connectivity index (χ3v) is 3.40. The van der Waals surface area contributed by atoms with Crippen molar-refractivity contribution in [1.29, 1.82) is 0 Å². The molecule has 0 saturated carbocycles. The van der Waals surface area contributed by atoms with Crippen molar-refractivity contribution in [2.24, 2.45) is 5.10 Å². The van der Waals surface area contributed by atoms with Crippen molar-refractivity contribution in [2.75, 3.05) is 7.11 Å². The van der Waals surface area contributed by atoms with Gasteiger partial charge in [-0.3, -0.25) is 9.89 Å². The highest BCUT2D eigenvalue weighted by molar-refractivity contribution is 9.10. The van der Waals surface area contributed by atoms with Crippen molar-refractivity contribution in [3.05, 3.63) is 49.1 Å². The number of aromatic amines is 1. The minimum atomic E-state index is -0.349. The SMILES string of the molecule is COc1ccc(/C=N/n2c(=S)[nH]nc(C)c2=O)cc1Br. The largest absolute Gasteiger partial charge is 0.496 e. The molecule has 1 aromatic heterocycles. The van der Waals surface area contributed by atoms with Gasteiger partial charge in [0.25, 0.3) is 5.56 Å². The summed E-state index contributed by atoms with van der Waals surface area (Å²) < 4.78 is 7.17. The van der Waals surface area contributed by atoms with Gasteiger partial charge >= 0.3 is 0 Å². The van der Waals surface area contributed by atoms with Gasteiger partial charge in [-0.25, -0.2) is 0 Å². The van der Waals surface area contributed by atoms with Gasteiger partial charge in [0, 0.05) is 0 Å². The second-order valence-electron chi connectivity index (χ2n) is 3.87. The number of methoxy groups -OCH3 is 1. The first-order valence-electron chi connectivity index (χ1n) is 5.59. The van der Waals surface area contributed by atoms with E-state index in [1.54, 1.807) is 20.1 Å². The van der Waals surface area contributed by atoms with E-state index in [1.807, 2.05) is 12.1 Å². The first kappa shape index (κ1) is 14.6. The van der Waals surface area contributed by atoms with Crippen molar-refractivity contribution in [3.8, 4) is 5.75 Å². The Hall–Kier alpha value is -1.80. The van der Waals surface area contributed by atoms with E-state index in [1.165, 1.54) is 6.21 Å². The maximum absolute atomic E-state index is 11.8. The Morgan fingerprint density at radius 3 is 2.95 bits per heavy atom. The topological polar surface area (TPSA) is 72.3 Å². The van der Waals surface area contributed by atoms with Crippen LogP contribution in [0.1, 0.15) is 11.3 Å². The molecule has 8 heteroatoms. The maximum atomic E-state index is 11.8. The summed E-state index contributed by atoms with van der Waals surface area (Å²) in [5.41, 5.74) is 0.748. The first-order chi connectivity index (χ1) is 9.52. The zero-order valence-corrected chi connectivity index (χ0v) is 13.2. The molecule has 1 heterocycles. The van der Waals surface area contributed by atoms with Crippen molar-refractivity contribution in [1.82, 2.24) is 14.9 Å². The van der Waals surface area contributed by atoms with Crippen LogP contribution >= 0.6 is 28.1 Å². The number of aromatic nitrogens is 3. The van der Waals surface area contributed by atoms with E-state index in [0.29, 0.717) is 5.69 Å². The van der Waals surface area contributed by atoms with Crippen molar-refractivity contribution < 1.29 is 4.74 Å². The van der Waals surface area contributed by atoms with Crippen molar-refractivity contribution in [2.45, 2.75) is 6.92 Å². The molecule has 20 heavy (non-hydrogen) atoms. The van der Waals surface area contributed by atoms with Gasteiger partial charge in [-0.05, 0) is 58.8 Å². The van der Waals surface area contributed by atoms with Crippen molar-refractivity contribution >= 4 is 34.4 Å². The lowest BCUT2D eigenvalue weighted by Gasteiger charge is -2.03. The average Bonchev–Trinajstić information content (AvgIpc) is 2.43. The van der Waals surface area contributed by atoms with E-state index in [2.05, 4.69) is 31.2 Å². The molecule has 0 bridgehead atoms. The fraction of sp³-hybridized carbons (Fsp3) is 0.167. The Kier molecular flexibility index (Phi) is 4.46. The summed E-state index contributed by atoms with van der Waals surface area (Å²) >= 11 is 8.36. The lowest BCUT2D eigenvalue weighted by atomic mass is 10.2. The van der Waals surface area contributed by atoms with Crippen LogP contribution in [0.2, 0.25) is 0 Å². The van der Waals surface area contributed by atoms with Crippen LogP contribution in [-0.2, 0) is 0 Å². The standard InChI is InChI=1S/C12H11BrN4O2S/c1-7-11(18)17(12(20)16-15-7)14-6-8-3-4-10(19-2)9(13)5-8/h3-6H,1-2H3,(H,16,20)/b14-6+. The summed E-state index contributed by atoms with van der Waals surface area (Å²) in [6, 6.07) is 5.44. The summed E-state index contributed by atoms with van der Waals surface area (Å²) in [6.45, 7) is 1.59. The zero-order chi connectivity index (χ0) is 14.7. The molecule has 1 aromatic carbocycles. The number of H-pyrrole nitrogens is 1. The van der Waals surface area contributed by atoms with Crippen LogP contribution in [0.25, 0.3) is 0 Å². The molecule has 104 valence electrons. The number of rotatable bonds is 3. The van der Waals surface area contributed by atoms with E-state index in [-0.39, 0.29) is 10.3 Å². The zero-order valence-electron chi connectivity index (χ0n) is 10.8. The fourth-order valence-electron chi connectivity index (χ4n) is 1.46. The number of benzene rings is 1. The summed E-state index contributed by atoms with van der Waals surface area (Å²) in [7, 11) is 1.59. The van der Waals surface area contributed by atoms with Crippen LogP contribution in [0.15, 0.2) is 32.6 Å². The summed E-state index contributed by atoms with van der Waals surface area (Å²) in [5.74, 6) is 0.719. The average molecular weight is 355 g/mol. The molecule has 0 aliphatic heterocycles. The summed E-state index contributed by atoms with van der Waals surface area (Å²) in [6.07, 6.45) is 1.54. The van der Waals surface area contributed by atoms with Gasteiger partial charge < -0.3 is 4.74 Å². The second kappa shape index (κ2) is 6.10. The lowest BCUT2D eigenvalue weighted by Crippen LogP contribution is -2.22. The van der Waals surface area contributed by atoms with Crippen LogP contribution < -0.4 is 10.3 Å². The highest BCUT2D eigenvalue weighted by atomic mass is 79.9. The quantitative estimate of drug-likeness (QED) is 0.677. The van der Waals surface area contributed by atoms with Gasteiger partial charge in [-0.2, -0.15) is 14.9 Å². The molecule has 2 rings (SSSR count). The fourth-order valence-corrected chi connectivity index (χ4v) is 2.20. The smallest absolute Gasteiger partial charge is 0.296 e. The molecule has 0 saturated heterocycles. The number of hydrogen-bond donors (Lipinski definition) is 1. The van der Waals surface area contributed by atoms with Crippen molar-refractivity contribution in [3.63, 3.8) is 0 Å². The van der Waals surface area contributed by atoms with Gasteiger partial charge in [0.05, 0.1) is 17.8 Å². The van der Waals surface area contributed by atoms with Crippen LogP contribution in [0.5, 0.6) is 5.75 Å². The normalized spacial score (nSPS) is 10.9. The van der Waals surface area contributed by atoms with Gasteiger partial charge in [0.15, 0.2) is 0 Å². The Morgan fingerprint density at radius 1 is 1.55 bits per heavy atom. The summed E-state index contributed by atoms with van der Waals surface area (Å²) in [4.78, 5) is 11.8. The molecule has 2 aromatic rings. The van der Waals surface area contributed by atoms with E-state index in [4.69, 9.17) is 17.0 Å². The molecule has 0 fully saturated rings. The third kappa shape index (κ3) is 3.02. The molecule has 0 unspecified atom stereocenters. The molecule has 0 radical (unpaired) electrons. The van der Waals surface area contributed by atoms with Gasteiger partial charge in [0.1, 0.15) is 11.4 Å². The molecule has 0 amide bonds. The maximum Gasteiger partial charge on any atom is 0.296 e. The number of nitrogens with zero attached hydrogens (tertiary/aromatic N) is 3. The number of ether oxygens (including phenoxy) is 1. The predicted octanol–water partition coefficient (Wildman–Crippen LogP) is 2.26. The van der Waals surface area contributed by atoms with E-state index in [9.17, 15) is 4.79 Å². The molecule has 0 aliphatic carbocycles. The highest BCUT2D eigenvalue weighted by Crippen LogP contribution is 2.24. The van der Waals surface area contributed by atoms with E-state index in [0.717, 1.165) is 20.5 Å². The van der Waals surface area contributed by atoms with Gasteiger partial charge in [-0.1, -0.05) is 0 Å². The highest BCUT2D eigenvalue weighted by Gasteiger charge is 2.02. The molecule has 0 atom stereocenters. The molecule has 0 aliphatic rings. The molecule has 1 N–H and O–H groups in total. The van der Waals surface area contributed by atoms with Crippen LogP contribution in [0.4, 0.5) is 0 Å². The van der Waals surface area contributed by atoms with E-state index < -0.39 is 0 Å². The van der Waals surface area contributed by atoms with Crippen LogP contribution in [-0.4, -0.2) is 28.2 Å². The Labute approximate surface area is 128 Å². The second-order valence-corrected chi connectivity index (χ2v) is 5.11. The molecular formula is C12H11BrN4O2S. The molecular weight excluding hydrogens is 344 g/mol.